The lowest BCUT2D eigenvalue weighted by Crippen LogP contribution is -2.45. The molecular formula is C15H25N5O. The molecule has 0 spiro atoms. The summed E-state index contributed by atoms with van der Waals surface area (Å²) in [6.45, 7) is 2.46. The van der Waals surface area contributed by atoms with Crippen LogP contribution in [0.3, 0.4) is 0 Å². The SMILES string of the molecule is CC(Cc1ccccc1)NC(=O)C(N)CCCN=C(N)N. The van der Waals surface area contributed by atoms with Crippen molar-refractivity contribution in [1.82, 2.24) is 5.32 Å². The second kappa shape index (κ2) is 8.97. The molecule has 0 heterocycles. The Bertz CT molecular complexity index is 456. The van der Waals surface area contributed by atoms with E-state index in [-0.39, 0.29) is 17.9 Å². The highest BCUT2D eigenvalue weighted by atomic mass is 16.2. The number of aliphatic imine (C=N–C) groups is 1. The lowest BCUT2D eigenvalue weighted by Gasteiger charge is -2.17. The Labute approximate surface area is 125 Å². The number of nitrogens with one attached hydrogen (secondary N) is 1. The third kappa shape index (κ3) is 7.31. The molecule has 116 valence electrons. The molecule has 0 aliphatic rings. The van der Waals surface area contributed by atoms with Crippen LogP contribution in [0.5, 0.6) is 0 Å². The number of hydrogen-bond donors (Lipinski definition) is 4. The van der Waals surface area contributed by atoms with Crippen LogP contribution in [-0.2, 0) is 11.2 Å². The van der Waals surface area contributed by atoms with Crippen LogP contribution in [0.4, 0.5) is 0 Å². The number of nitrogens with two attached hydrogens (primary N) is 3. The highest BCUT2D eigenvalue weighted by molar-refractivity contribution is 5.81. The van der Waals surface area contributed by atoms with Crippen molar-refractivity contribution >= 4 is 11.9 Å². The summed E-state index contributed by atoms with van der Waals surface area (Å²) < 4.78 is 0. The normalized spacial score (nSPS) is 13.2. The van der Waals surface area contributed by atoms with Crippen LogP contribution in [0.2, 0.25) is 0 Å². The van der Waals surface area contributed by atoms with E-state index in [0.717, 1.165) is 6.42 Å². The topological polar surface area (TPSA) is 120 Å². The molecule has 0 saturated carbocycles. The van der Waals surface area contributed by atoms with Gasteiger partial charge in [0.05, 0.1) is 6.04 Å². The van der Waals surface area contributed by atoms with Gasteiger partial charge in [-0.3, -0.25) is 9.79 Å². The van der Waals surface area contributed by atoms with Crippen LogP contribution in [-0.4, -0.2) is 30.5 Å². The average molecular weight is 291 g/mol. The number of carbonyl (C=O) groups excluding carboxylic acids is 1. The Morgan fingerprint density at radius 3 is 2.57 bits per heavy atom. The van der Waals surface area contributed by atoms with Crippen LogP contribution < -0.4 is 22.5 Å². The molecule has 21 heavy (non-hydrogen) atoms. The van der Waals surface area contributed by atoms with E-state index in [1.807, 2.05) is 37.3 Å². The number of amides is 1. The summed E-state index contributed by atoms with van der Waals surface area (Å²) >= 11 is 0. The Kier molecular flexibility index (Phi) is 7.25. The minimum Gasteiger partial charge on any atom is -0.370 e. The van der Waals surface area contributed by atoms with Crippen molar-refractivity contribution in [2.75, 3.05) is 6.54 Å². The molecule has 0 bridgehead atoms. The van der Waals surface area contributed by atoms with Crippen molar-refractivity contribution < 1.29 is 4.79 Å². The number of nitrogens with zero attached hydrogens (tertiary/aromatic N) is 1. The maximum atomic E-state index is 12.0. The van der Waals surface area contributed by atoms with Crippen LogP contribution >= 0.6 is 0 Å². The molecule has 2 unspecified atom stereocenters. The number of rotatable bonds is 8. The second-order valence-electron chi connectivity index (χ2n) is 5.15. The summed E-state index contributed by atoms with van der Waals surface area (Å²) in [7, 11) is 0. The molecule has 6 nitrogen and oxygen atoms in total. The number of benzene rings is 1. The van der Waals surface area contributed by atoms with E-state index in [0.29, 0.717) is 19.4 Å². The lowest BCUT2D eigenvalue weighted by atomic mass is 10.1. The summed E-state index contributed by atoms with van der Waals surface area (Å²) in [5, 5.41) is 2.93. The van der Waals surface area contributed by atoms with Crippen molar-refractivity contribution in [3.8, 4) is 0 Å². The van der Waals surface area contributed by atoms with Gasteiger partial charge >= 0.3 is 0 Å². The third-order valence-electron chi connectivity index (χ3n) is 3.08. The van der Waals surface area contributed by atoms with Gasteiger partial charge in [-0.25, -0.2) is 0 Å². The zero-order valence-corrected chi connectivity index (χ0v) is 12.5. The van der Waals surface area contributed by atoms with E-state index in [9.17, 15) is 4.79 Å². The molecule has 1 aromatic rings. The van der Waals surface area contributed by atoms with E-state index < -0.39 is 6.04 Å². The summed E-state index contributed by atoms with van der Waals surface area (Å²) in [4.78, 5) is 15.8. The lowest BCUT2D eigenvalue weighted by molar-refractivity contribution is -0.123. The van der Waals surface area contributed by atoms with Gasteiger partial charge in [0, 0.05) is 12.6 Å². The van der Waals surface area contributed by atoms with Crippen molar-refractivity contribution in [3.05, 3.63) is 35.9 Å². The molecule has 7 N–H and O–H groups in total. The molecule has 2 atom stereocenters. The minimum absolute atomic E-state index is 0.0451. The first-order chi connectivity index (χ1) is 9.99. The zero-order chi connectivity index (χ0) is 15.7. The maximum absolute atomic E-state index is 12.0. The Morgan fingerprint density at radius 2 is 1.95 bits per heavy atom. The van der Waals surface area contributed by atoms with Gasteiger partial charge < -0.3 is 22.5 Å². The van der Waals surface area contributed by atoms with Crippen molar-refractivity contribution in [1.29, 1.82) is 0 Å². The standard InChI is InChI=1S/C15H25N5O/c1-11(10-12-6-3-2-4-7-12)20-14(21)13(16)8-5-9-19-15(17)18/h2-4,6-7,11,13H,5,8-10,16H2,1H3,(H,20,21)(H4,17,18,19). The van der Waals surface area contributed by atoms with Crippen molar-refractivity contribution in [2.45, 2.75) is 38.3 Å². The first-order valence-electron chi connectivity index (χ1n) is 7.14. The van der Waals surface area contributed by atoms with E-state index in [1.54, 1.807) is 0 Å². The van der Waals surface area contributed by atoms with Crippen molar-refractivity contribution in [2.24, 2.45) is 22.2 Å². The first kappa shape index (κ1) is 17.0. The van der Waals surface area contributed by atoms with E-state index >= 15 is 0 Å². The second-order valence-corrected chi connectivity index (χ2v) is 5.15. The van der Waals surface area contributed by atoms with E-state index in [4.69, 9.17) is 17.2 Å². The van der Waals surface area contributed by atoms with Crippen LogP contribution in [0.15, 0.2) is 35.3 Å². The highest BCUT2D eigenvalue weighted by Crippen LogP contribution is 2.03. The number of carbonyl (C=O) groups is 1. The van der Waals surface area contributed by atoms with Gasteiger partial charge in [0.25, 0.3) is 0 Å². The van der Waals surface area contributed by atoms with Crippen LogP contribution in [0.25, 0.3) is 0 Å². The molecule has 1 rings (SSSR count). The third-order valence-corrected chi connectivity index (χ3v) is 3.08. The Hall–Kier alpha value is -2.08. The minimum atomic E-state index is -0.530. The average Bonchev–Trinajstić information content (AvgIpc) is 2.44. The fraction of sp³-hybridized carbons (Fsp3) is 0.467. The van der Waals surface area contributed by atoms with Crippen LogP contribution in [0.1, 0.15) is 25.3 Å². The van der Waals surface area contributed by atoms with Gasteiger partial charge in [-0.05, 0) is 31.7 Å². The van der Waals surface area contributed by atoms with Gasteiger partial charge in [0.15, 0.2) is 5.96 Å². The predicted octanol–water partition coefficient (Wildman–Crippen LogP) is 0.115. The smallest absolute Gasteiger partial charge is 0.237 e. The summed E-state index contributed by atoms with van der Waals surface area (Å²) in [6.07, 6.45) is 2.02. The van der Waals surface area contributed by atoms with Crippen molar-refractivity contribution in [3.63, 3.8) is 0 Å². The summed E-state index contributed by atoms with van der Waals surface area (Å²) in [5.41, 5.74) is 17.5. The fourth-order valence-electron chi connectivity index (χ4n) is 2.02. The van der Waals surface area contributed by atoms with Gasteiger partial charge in [-0.1, -0.05) is 30.3 Å². The van der Waals surface area contributed by atoms with E-state index in [2.05, 4.69) is 10.3 Å². The summed E-state index contributed by atoms with van der Waals surface area (Å²) in [5.74, 6) is -0.0763. The maximum Gasteiger partial charge on any atom is 0.237 e. The molecule has 0 saturated heterocycles. The highest BCUT2D eigenvalue weighted by Gasteiger charge is 2.15. The molecule has 0 aliphatic carbocycles. The molecule has 1 amide bonds. The Morgan fingerprint density at radius 1 is 1.29 bits per heavy atom. The molecular weight excluding hydrogens is 266 g/mol. The number of hydrogen-bond acceptors (Lipinski definition) is 3. The molecule has 0 radical (unpaired) electrons. The monoisotopic (exact) mass is 291 g/mol. The molecule has 6 heteroatoms. The molecule has 0 aliphatic heterocycles. The number of guanidine groups is 1. The molecule has 1 aromatic carbocycles. The van der Waals surface area contributed by atoms with Gasteiger partial charge in [-0.15, -0.1) is 0 Å². The summed E-state index contributed by atoms with van der Waals surface area (Å²) in [6, 6.07) is 9.54. The van der Waals surface area contributed by atoms with Gasteiger partial charge in [0.2, 0.25) is 5.91 Å². The zero-order valence-electron chi connectivity index (χ0n) is 12.5. The predicted molar refractivity (Wildman–Crippen MR) is 85.6 cm³/mol. The van der Waals surface area contributed by atoms with Gasteiger partial charge in [0.1, 0.15) is 0 Å². The first-order valence-corrected chi connectivity index (χ1v) is 7.14. The van der Waals surface area contributed by atoms with Crippen LogP contribution in [0, 0.1) is 0 Å². The quantitative estimate of drug-likeness (QED) is 0.309. The largest absolute Gasteiger partial charge is 0.370 e. The fourth-order valence-corrected chi connectivity index (χ4v) is 2.02. The Balaban J connectivity index is 2.29. The molecule has 0 aromatic heterocycles. The van der Waals surface area contributed by atoms with Gasteiger partial charge in [-0.2, -0.15) is 0 Å². The van der Waals surface area contributed by atoms with E-state index in [1.165, 1.54) is 5.56 Å². The molecule has 0 fully saturated rings.